The second kappa shape index (κ2) is 6.36. The number of fused-ring (bicyclic) bond motifs is 2. The molecular weight excluding hydrogens is 334 g/mol. The summed E-state index contributed by atoms with van der Waals surface area (Å²) in [5, 5.41) is 9.77. The first kappa shape index (κ1) is 14.9. The van der Waals surface area contributed by atoms with Crippen LogP contribution in [0.15, 0.2) is 28.7 Å². The molecule has 0 aliphatic carbocycles. The molecule has 0 saturated carbocycles. The van der Waals surface area contributed by atoms with Crippen molar-refractivity contribution in [3.63, 3.8) is 0 Å². The van der Waals surface area contributed by atoms with Gasteiger partial charge in [-0.1, -0.05) is 15.9 Å². The van der Waals surface area contributed by atoms with Gasteiger partial charge in [-0.3, -0.25) is 4.79 Å². The van der Waals surface area contributed by atoms with Crippen molar-refractivity contribution in [2.24, 2.45) is 0 Å². The topological polar surface area (TPSA) is 49.8 Å². The number of aliphatic hydroxyl groups excluding tert-OH is 1. The van der Waals surface area contributed by atoms with Crippen molar-refractivity contribution < 1.29 is 14.6 Å². The summed E-state index contributed by atoms with van der Waals surface area (Å²) in [6.07, 6.45) is 3.69. The Morgan fingerprint density at radius 3 is 2.48 bits per heavy atom. The van der Waals surface area contributed by atoms with E-state index in [0.717, 1.165) is 35.9 Å². The van der Waals surface area contributed by atoms with Crippen LogP contribution in [0.1, 0.15) is 32.1 Å². The minimum Gasteiger partial charge on any atom is -0.493 e. The summed E-state index contributed by atoms with van der Waals surface area (Å²) < 4.78 is 6.63. The molecule has 0 spiro atoms. The van der Waals surface area contributed by atoms with E-state index >= 15 is 0 Å². The largest absolute Gasteiger partial charge is 0.493 e. The lowest BCUT2D eigenvalue weighted by Crippen LogP contribution is -2.48. The van der Waals surface area contributed by atoms with Crippen LogP contribution in [0.2, 0.25) is 0 Å². The molecule has 2 aliphatic heterocycles. The van der Waals surface area contributed by atoms with Crippen LogP contribution in [0.25, 0.3) is 0 Å². The third kappa shape index (κ3) is 3.40. The summed E-state index contributed by atoms with van der Waals surface area (Å²) in [6.45, 7) is 0.402. The number of hydrogen-bond donors (Lipinski definition) is 1. The minimum atomic E-state index is -0.231. The Hall–Kier alpha value is -1.07. The molecule has 2 unspecified atom stereocenters. The van der Waals surface area contributed by atoms with Gasteiger partial charge < -0.3 is 14.7 Å². The van der Waals surface area contributed by atoms with Crippen LogP contribution >= 0.6 is 15.9 Å². The Kier molecular flexibility index (Phi) is 4.50. The molecule has 2 heterocycles. The highest BCUT2D eigenvalue weighted by molar-refractivity contribution is 9.10. The number of carbonyl (C=O) groups excluding carboxylic acids is 1. The second-order valence-corrected chi connectivity index (χ2v) is 6.78. The Labute approximate surface area is 133 Å². The van der Waals surface area contributed by atoms with Crippen LogP contribution in [0.5, 0.6) is 5.75 Å². The SMILES string of the molecule is O=C(CCOc1ccc(Br)cc1)N1C2CCC1CC(O)C2. The van der Waals surface area contributed by atoms with Crippen molar-refractivity contribution in [1.29, 1.82) is 0 Å². The first-order valence-corrected chi connectivity index (χ1v) is 8.30. The van der Waals surface area contributed by atoms with Crippen molar-refractivity contribution in [1.82, 2.24) is 4.90 Å². The van der Waals surface area contributed by atoms with Gasteiger partial charge in [-0.2, -0.15) is 0 Å². The predicted octanol–water partition coefficient (Wildman–Crippen LogP) is 2.73. The molecule has 5 heteroatoms. The van der Waals surface area contributed by atoms with E-state index in [1.54, 1.807) is 0 Å². The van der Waals surface area contributed by atoms with E-state index in [4.69, 9.17) is 4.74 Å². The second-order valence-electron chi connectivity index (χ2n) is 5.86. The fourth-order valence-electron chi connectivity index (χ4n) is 3.47. The maximum Gasteiger partial charge on any atom is 0.226 e. The quantitative estimate of drug-likeness (QED) is 0.905. The molecule has 2 saturated heterocycles. The highest BCUT2D eigenvalue weighted by atomic mass is 79.9. The summed E-state index contributed by atoms with van der Waals surface area (Å²) in [6, 6.07) is 8.08. The van der Waals surface area contributed by atoms with E-state index in [1.807, 2.05) is 29.2 Å². The lowest BCUT2D eigenvalue weighted by atomic mass is 9.99. The van der Waals surface area contributed by atoms with Gasteiger partial charge in [-0.15, -0.1) is 0 Å². The van der Waals surface area contributed by atoms with Crippen LogP contribution in [-0.4, -0.2) is 40.7 Å². The van der Waals surface area contributed by atoms with Crippen LogP contribution in [0.4, 0.5) is 0 Å². The molecule has 1 amide bonds. The Balaban J connectivity index is 1.49. The summed E-state index contributed by atoms with van der Waals surface area (Å²) in [4.78, 5) is 14.4. The smallest absolute Gasteiger partial charge is 0.226 e. The third-order valence-corrected chi connectivity index (χ3v) is 4.92. The number of aliphatic hydroxyl groups is 1. The monoisotopic (exact) mass is 353 g/mol. The first-order valence-electron chi connectivity index (χ1n) is 7.51. The number of halogens is 1. The number of nitrogens with zero attached hydrogens (tertiary/aromatic N) is 1. The average molecular weight is 354 g/mol. The van der Waals surface area contributed by atoms with E-state index in [2.05, 4.69) is 15.9 Å². The number of carbonyl (C=O) groups is 1. The lowest BCUT2D eigenvalue weighted by molar-refractivity contribution is -0.137. The third-order valence-electron chi connectivity index (χ3n) is 4.39. The normalized spacial score (nSPS) is 27.7. The lowest BCUT2D eigenvalue weighted by Gasteiger charge is -2.37. The van der Waals surface area contributed by atoms with Gasteiger partial charge in [-0.25, -0.2) is 0 Å². The molecule has 4 nitrogen and oxygen atoms in total. The number of piperidine rings is 1. The number of ether oxygens (including phenoxy) is 1. The van der Waals surface area contributed by atoms with E-state index in [0.29, 0.717) is 13.0 Å². The van der Waals surface area contributed by atoms with Crippen LogP contribution in [-0.2, 0) is 4.79 Å². The van der Waals surface area contributed by atoms with E-state index in [9.17, 15) is 9.90 Å². The van der Waals surface area contributed by atoms with Crippen LogP contribution in [0.3, 0.4) is 0 Å². The highest BCUT2D eigenvalue weighted by Crippen LogP contribution is 2.36. The van der Waals surface area contributed by atoms with Crippen molar-refractivity contribution in [2.75, 3.05) is 6.61 Å². The molecule has 1 aromatic carbocycles. The van der Waals surface area contributed by atoms with Crippen LogP contribution < -0.4 is 4.74 Å². The molecule has 0 radical (unpaired) electrons. The molecule has 2 atom stereocenters. The van der Waals surface area contributed by atoms with Gasteiger partial charge in [-0.05, 0) is 49.9 Å². The van der Waals surface area contributed by atoms with Crippen molar-refractivity contribution >= 4 is 21.8 Å². The highest BCUT2D eigenvalue weighted by Gasteiger charge is 2.42. The Bertz CT molecular complexity index is 491. The fourth-order valence-corrected chi connectivity index (χ4v) is 3.74. The first-order chi connectivity index (χ1) is 10.1. The maximum atomic E-state index is 12.4. The van der Waals surface area contributed by atoms with Crippen molar-refractivity contribution in [3.8, 4) is 5.75 Å². The van der Waals surface area contributed by atoms with Gasteiger partial charge in [0.15, 0.2) is 0 Å². The molecule has 2 fully saturated rings. The zero-order chi connectivity index (χ0) is 14.8. The van der Waals surface area contributed by atoms with Crippen molar-refractivity contribution in [3.05, 3.63) is 28.7 Å². The van der Waals surface area contributed by atoms with E-state index in [1.165, 1.54) is 0 Å². The molecule has 21 heavy (non-hydrogen) atoms. The van der Waals surface area contributed by atoms with Gasteiger partial charge >= 0.3 is 0 Å². The molecule has 2 bridgehead atoms. The predicted molar refractivity (Wildman–Crippen MR) is 83.2 cm³/mol. The van der Waals surface area contributed by atoms with Gasteiger partial charge in [0.1, 0.15) is 5.75 Å². The molecule has 1 aromatic rings. The van der Waals surface area contributed by atoms with E-state index < -0.39 is 0 Å². The Morgan fingerprint density at radius 1 is 1.24 bits per heavy atom. The zero-order valence-corrected chi connectivity index (χ0v) is 13.5. The van der Waals surface area contributed by atoms with Crippen LogP contribution in [0, 0.1) is 0 Å². The molecule has 3 rings (SSSR count). The Morgan fingerprint density at radius 2 is 1.86 bits per heavy atom. The molecule has 0 aromatic heterocycles. The zero-order valence-electron chi connectivity index (χ0n) is 11.9. The average Bonchev–Trinajstić information content (AvgIpc) is 2.73. The number of hydrogen-bond acceptors (Lipinski definition) is 3. The maximum absolute atomic E-state index is 12.4. The summed E-state index contributed by atoms with van der Waals surface area (Å²) in [5.41, 5.74) is 0. The number of benzene rings is 1. The molecular formula is C16H20BrNO3. The van der Waals surface area contributed by atoms with Crippen molar-refractivity contribution in [2.45, 2.75) is 50.3 Å². The number of rotatable bonds is 4. The fraction of sp³-hybridized carbons (Fsp3) is 0.562. The molecule has 2 aliphatic rings. The molecule has 114 valence electrons. The minimum absolute atomic E-state index is 0.159. The van der Waals surface area contributed by atoms with Gasteiger partial charge in [0.05, 0.1) is 19.1 Å². The number of amides is 1. The summed E-state index contributed by atoms with van der Waals surface area (Å²) in [5.74, 6) is 0.939. The summed E-state index contributed by atoms with van der Waals surface area (Å²) in [7, 11) is 0. The summed E-state index contributed by atoms with van der Waals surface area (Å²) >= 11 is 3.38. The van der Waals surface area contributed by atoms with Gasteiger partial charge in [0.25, 0.3) is 0 Å². The standard InChI is InChI=1S/C16H20BrNO3/c17-11-1-5-15(6-2-11)21-8-7-16(20)18-12-3-4-13(18)10-14(19)9-12/h1-2,5-6,12-14,19H,3-4,7-10H2. The van der Waals surface area contributed by atoms with Gasteiger partial charge in [0.2, 0.25) is 5.91 Å². The van der Waals surface area contributed by atoms with E-state index in [-0.39, 0.29) is 24.1 Å². The van der Waals surface area contributed by atoms with Gasteiger partial charge in [0, 0.05) is 16.6 Å². The molecule has 1 N–H and O–H groups in total.